The fourth-order valence-electron chi connectivity index (χ4n) is 4.02. The second-order valence-corrected chi connectivity index (χ2v) is 9.46. The van der Waals surface area contributed by atoms with Crippen molar-refractivity contribution in [1.82, 2.24) is 15.6 Å². The Morgan fingerprint density at radius 2 is 1.69 bits per heavy atom. The zero-order valence-electron chi connectivity index (χ0n) is 20.4. The van der Waals surface area contributed by atoms with Gasteiger partial charge in [-0.15, -0.1) is 0 Å². The first-order valence-electron chi connectivity index (χ1n) is 11.8. The molecule has 2 aromatic carbocycles. The Hall–Kier alpha value is -3.68. The van der Waals surface area contributed by atoms with Gasteiger partial charge in [0.05, 0.1) is 30.5 Å². The summed E-state index contributed by atoms with van der Waals surface area (Å²) in [5, 5.41) is 4.94. The normalized spacial score (nSPS) is 14.9. The molecule has 1 aliphatic rings. The highest BCUT2D eigenvalue weighted by Gasteiger charge is 2.33. The minimum atomic E-state index is -4.57. The number of pyridine rings is 1. The number of morpholine rings is 1. The molecular formula is C26H24BrF3N5O4. The molecule has 13 heteroatoms. The lowest BCUT2D eigenvalue weighted by molar-refractivity contribution is -0.138. The SMILES string of the molecule is [NH]C(=O)CC(c1cc(Oc2ccc(NC(=O)Nc3ccc(Br)c(C(F)(F)F)c3)cc2)ccn1)N1CCOCC1. The van der Waals surface area contributed by atoms with Gasteiger partial charge in [0.2, 0.25) is 5.91 Å². The lowest BCUT2D eigenvalue weighted by Gasteiger charge is -2.33. The zero-order valence-corrected chi connectivity index (χ0v) is 22.0. The van der Waals surface area contributed by atoms with Crippen molar-refractivity contribution < 1.29 is 32.2 Å². The van der Waals surface area contributed by atoms with Gasteiger partial charge in [0, 0.05) is 47.6 Å². The smallest absolute Gasteiger partial charge is 0.417 e. The Labute approximate surface area is 230 Å². The van der Waals surface area contributed by atoms with Crippen LogP contribution < -0.4 is 21.1 Å². The highest BCUT2D eigenvalue weighted by Crippen LogP contribution is 2.36. The fourth-order valence-corrected chi connectivity index (χ4v) is 4.49. The largest absolute Gasteiger partial charge is 0.457 e. The molecule has 3 aromatic rings. The van der Waals surface area contributed by atoms with Crippen LogP contribution in [0.5, 0.6) is 11.5 Å². The highest BCUT2D eigenvalue weighted by molar-refractivity contribution is 9.10. The Bertz CT molecular complexity index is 1320. The van der Waals surface area contributed by atoms with Crippen LogP contribution in [0.15, 0.2) is 65.3 Å². The molecule has 3 N–H and O–H groups in total. The van der Waals surface area contributed by atoms with Gasteiger partial charge in [-0.05, 0) is 48.5 Å². The Morgan fingerprint density at radius 1 is 1.03 bits per heavy atom. The van der Waals surface area contributed by atoms with E-state index in [-0.39, 0.29) is 22.6 Å². The van der Waals surface area contributed by atoms with E-state index in [4.69, 9.17) is 15.2 Å². The first-order chi connectivity index (χ1) is 18.6. The number of alkyl halides is 3. The fraction of sp³-hybridized carbons (Fsp3) is 0.269. The van der Waals surface area contributed by atoms with Crippen molar-refractivity contribution >= 4 is 39.2 Å². The molecule has 1 radical (unpaired) electrons. The lowest BCUT2D eigenvalue weighted by atomic mass is 10.1. The molecule has 1 saturated heterocycles. The molecule has 1 unspecified atom stereocenters. The molecule has 205 valence electrons. The summed E-state index contributed by atoms with van der Waals surface area (Å²) in [7, 11) is 0. The number of ether oxygens (including phenoxy) is 2. The minimum Gasteiger partial charge on any atom is -0.457 e. The van der Waals surface area contributed by atoms with Crippen molar-refractivity contribution in [2.45, 2.75) is 18.6 Å². The number of rotatable bonds is 8. The molecule has 0 bridgehead atoms. The Kier molecular flexibility index (Phi) is 9.04. The van der Waals surface area contributed by atoms with Gasteiger partial charge in [0.1, 0.15) is 11.5 Å². The summed E-state index contributed by atoms with van der Waals surface area (Å²) >= 11 is 2.86. The monoisotopic (exact) mass is 606 g/mol. The van der Waals surface area contributed by atoms with Crippen molar-refractivity contribution in [3.05, 3.63) is 76.5 Å². The molecule has 39 heavy (non-hydrogen) atoms. The maximum atomic E-state index is 13.1. The molecule has 0 aliphatic carbocycles. The third kappa shape index (κ3) is 7.91. The predicted octanol–water partition coefficient (Wildman–Crippen LogP) is 5.87. The number of nitrogens with zero attached hydrogens (tertiary/aromatic N) is 2. The van der Waals surface area contributed by atoms with Gasteiger partial charge in [-0.3, -0.25) is 20.4 Å². The van der Waals surface area contributed by atoms with Gasteiger partial charge in [-0.2, -0.15) is 13.2 Å². The summed E-state index contributed by atoms with van der Waals surface area (Å²) in [6.07, 6.45) is -3.00. The van der Waals surface area contributed by atoms with Crippen LogP contribution in [0.3, 0.4) is 0 Å². The topological polar surface area (TPSA) is 117 Å². The molecule has 0 saturated carbocycles. The van der Waals surface area contributed by atoms with E-state index in [0.29, 0.717) is 49.2 Å². The number of aromatic nitrogens is 1. The van der Waals surface area contributed by atoms with Gasteiger partial charge in [0.25, 0.3) is 0 Å². The summed E-state index contributed by atoms with van der Waals surface area (Å²) in [5.74, 6) is 0.248. The van der Waals surface area contributed by atoms with Gasteiger partial charge in [0.15, 0.2) is 0 Å². The van der Waals surface area contributed by atoms with Crippen molar-refractivity contribution in [3.63, 3.8) is 0 Å². The number of urea groups is 1. The summed E-state index contributed by atoms with van der Waals surface area (Å²) in [6, 6.07) is 12.1. The number of nitrogens with one attached hydrogen (secondary N) is 3. The summed E-state index contributed by atoms with van der Waals surface area (Å²) in [6.45, 7) is 2.32. The van der Waals surface area contributed by atoms with E-state index in [9.17, 15) is 22.8 Å². The molecule has 0 spiro atoms. The van der Waals surface area contributed by atoms with Crippen molar-refractivity contribution in [3.8, 4) is 11.5 Å². The minimum absolute atomic E-state index is 0.00332. The third-order valence-electron chi connectivity index (χ3n) is 5.84. The summed E-state index contributed by atoms with van der Waals surface area (Å²) in [4.78, 5) is 30.4. The van der Waals surface area contributed by atoms with Crippen LogP contribution in [-0.4, -0.2) is 48.1 Å². The number of carbonyl (C=O) groups is 2. The van der Waals surface area contributed by atoms with Gasteiger partial charge >= 0.3 is 12.2 Å². The summed E-state index contributed by atoms with van der Waals surface area (Å²) < 4.78 is 50.5. The molecule has 2 heterocycles. The molecule has 1 aliphatic heterocycles. The molecule has 4 rings (SSSR count). The highest BCUT2D eigenvalue weighted by atomic mass is 79.9. The number of hydrogen-bond acceptors (Lipinski definition) is 6. The van der Waals surface area contributed by atoms with Crippen LogP contribution in [0, 0.1) is 0 Å². The van der Waals surface area contributed by atoms with Gasteiger partial charge in [-0.1, -0.05) is 15.9 Å². The summed E-state index contributed by atoms with van der Waals surface area (Å²) in [5.41, 5.74) is 7.53. The molecule has 9 nitrogen and oxygen atoms in total. The Balaban J connectivity index is 1.39. The second-order valence-electron chi connectivity index (χ2n) is 8.61. The van der Waals surface area contributed by atoms with Gasteiger partial charge < -0.3 is 20.1 Å². The quantitative estimate of drug-likeness (QED) is 0.331. The van der Waals surface area contributed by atoms with Crippen molar-refractivity contribution in [2.75, 3.05) is 36.9 Å². The average molecular weight is 607 g/mol. The maximum absolute atomic E-state index is 13.1. The van der Waals surface area contributed by atoms with Gasteiger partial charge in [-0.25, -0.2) is 4.79 Å². The first-order valence-corrected chi connectivity index (χ1v) is 12.6. The molecule has 1 atom stereocenters. The molecular weight excluding hydrogens is 583 g/mol. The number of benzene rings is 2. The van der Waals surface area contributed by atoms with Crippen LogP contribution in [0.25, 0.3) is 0 Å². The maximum Gasteiger partial charge on any atom is 0.417 e. The molecule has 3 amide bonds. The van der Waals surface area contributed by atoms with E-state index in [1.807, 2.05) is 0 Å². The zero-order chi connectivity index (χ0) is 28.0. The van der Waals surface area contributed by atoms with Crippen LogP contribution in [-0.2, 0) is 15.7 Å². The first kappa shape index (κ1) is 28.3. The number of hydrogen-bond donors (Lipinski definition) is 2. The lowest BCUT2D eigenvalue weighted by Crippen LogP contribution is -2.40. The number of carbonyl (C=O) groups excluding carboxylic acids is 2. The van der Waals surface area contributed by atoms with E-state index in [1.54, 1.807) is 42.6 Å². The number of amides is 3. The van der Waals surface area contributed by atoms with Crippen LogP contribution in [0.1, 0.15) is 23.7 Å². The standard InChI is InChI=1S/C26H24BrF3N5O4/c27-21-6-3-17(13-20(21)26(28,29)30)34-25(37)33-16-1-4-18(5-2-16)39-19-7-8-32-22(14-19)23(15-24(31)36)35-9-11-38-12-10-35/h1-8,13-14,23,31H,9-12,15H2,(H2,33,34,37). The predicted molar refractivity (Wildman–Crippen MR) is 140 cm³/mol. The second kappa shape index (κ2) is 12.5. The molecule has 1 aromatic heterocycles. The van der Waals surface area contributed by atoms with Crippen molar-refractivity contribution in [2.24, 2.45) is 0 Å². The van der Waals surface area contributed by atoms with Crippen LogP contribution >= 0.6 is 15.9 Å². The van der Waals surface area contributed by atoms with E-state index < -0.39 is 23.7 Å². The van der Waals surface area contributed by atoms with Crippen molar-refractivity contribution in [1.29, 1.82) is 0 Å². The number of halogens is 4. The van der Waals surface area contributed by atoms with Crippen LogP contribution in [0.2, 0.25) is 0 Å². The van der Waals surface area contributed by atoms with E-state index in [2.05, 4.69) is 36.4 Å². The average Bonchev–Trinajstić information content (AvgIpc) is 2.89. The van der Waals surface area contributed by atoms with E-state index in [0.717, 1.165) is 6.07 Å². The van der Waals surface area contributed by atoms with Crippen LogP contribution in [0.4, 0.5) is 29.3 Å². The number of anilines is 2. The molecule has 1 fully saturated rings. The Morgan fingerprint density at radius 3 is 2.36 bits per heavy atom. The van der Waals surface area contributed by atoms with E-state index in [1.165, 1.54) is 12.1 Å². The van der Waals surface area contributed by atoms with E-state index >= 15 is 0 Å². The third-order valence-corrected chi connectivity index (χ3v) is 6.53.